The maximum Gasteiger partial charge on any atom is 0.137 e. The van der Waals surface area contributed by atoms with E-state index in [1.165, 1.54) is 0 Å². The summed E-state index contributed by atoms with van der Waals surface area (Å²) in [6.07, 6.45) is 11.0. The van der Waals surface area contributed by atoms with Crippen LogP contribution in [0.25, 0.3) is 0 Å². The van der Waals surface area contributed by atoms with Gasteiger partial charge in [-0.05, 0) is 72.2 Å². The van der Waals surface area contributed by atoms with Crippen LogP contribution in [0, 0.1) is 0 Å². The fourth-order valence-electron chi connectivity index (χ4n) is 5.29. The van der Waals surface area contributed by atoms with Crippen molar-refractivity contribution < 1.29 is 19.2 Å². The van der Waals surface area contributed by atoms with E-state index >= 15 is 0 Å². The third-order valence-electron chi connectivity index (χ3n) is 8.40. The van der Waals surface area contributed by atoms with Gasteiger partial charge < -0.3 is 0 Å². The molecule has 0 radical (unpaired) electrons. The normalized spacial score (nSPS) is 12.0. The van der Waals surface area contributed by atoms with Crippen LogP contribution >= 0.6 is 0 Å². The number of carbonyl (C=O) groups excluding carboxylic acids is 4. The van der Waals surface area contributed by atoms with Crippen LogP contribution in [-0.2, 0) is 44.9 Å². The summed E-state index contributed by atoms with van der Waals surface area (Å²) in [5, 5.41) is 0. The molecule has 2 rings (SSSR count). The molecule has 0 spiro atoms. The van der Waals surface area contributed by atoms with Gasteiger partial charge in [-0.25, -0.2) is 0 Å². The summed E-state index contributed by atoms with van der Waals surface area (Å²) in [7, 11) is 0. The molecule has 0 bridgehead atoms. The number of carbonyl (C=O) groups is 4. The second-order valence-corrected chi connectivity index (χ2v) is 12.2. The van der Waals surface area contributed by atoms with Crippen LogP contribution in [-0.4, -0.2) is 34.6 Å². The van der Waals surface area contributed by atoms with E-state index in [2.05, 4.69) is 13.8 Å². The van der Waals surface area contributed by atoms with Crippen molar-refractivity contribution >= 4 is 45.9 Å². The number of hydrogen-bond acceptors (Lipinski definition) is 6. The van der Waals surface area contributed by atoms with Crippen LogP contribution in [0.1, 0.15) is 141 Å². The summed E-state index contributed by atoms with van der Waals surface area (Å²) in [5.41, 5.74) is 6.93. The molecule has 0 amide bonds. The second-order valence-electron chi connectivity index (χ2n) is 12.2. The van der Waals surface area contributed by atoms with Crippen LogP contribution in [0.3, 0.4) is 0 Å². The van der Waals surface area contributed by atoms with E-state index in [4.69, 9.17) is 9.98 Å². The predicted octanol–water partition coefficient (Wildman–Crippen LogP) is 9.78. The van der Waals surface area contributed by atoms with Gasteiger partial charge in [0.15, 0.2) is 0 Å². The molecule has 0 unspecified atom stereocenters. The minimum Gasteiger partial charge on any atom is -0.299 e. The summed E-state index contributed by atoms with van der Waals surface area (Å²) in [4.78, 5) is 59.9. The van der Waals surface area contributed by atoms with E-state index in [1.807, 2.05) is 64.1 Å². The van der Waals surface area contributed by atoms with Crippen molar-refractivity contribution in [3.63, 3.8) is 0 Å². The van der Waals surface area contributed by atoms with Crippen molar-refractivity contribution in [1.82, 2.24) is 0 Å². The topological polar surface area (TPSA) is 93.0 Å². The molecule has 2 aromatic carbocycles. The summed E-state index contributed by atoms with van der Waals surface area (Å²) < 4.78 is 0. The third kappa shape index (κ3) is 13.4. The van der Waals surface area contributed by atoms with E-state index in [1.54, 1.807) is 0 Å². The fourth-order valence-corrected chi connectivity index (χ4v) is 5.29. The van der Waals surface area contributed by atoms with Crippen LogP contribution in [0.2, 0.25) is 0 Å². The van der Waals surface area contributed by atoms with E-state index in [0.717, 1.165) is 96.4 Å². The average molecular weight is 629 g/mol. The maximum absolute atomic E-state index is 12.5. The Morgan fingerprint density at radius 3 is 1.20 bits per heavy atom. The number of rotatable bonds is 23. The Morgan fingerprint density at radius 1 is 0.457 bits per heavy atom. The summed E-state index contributed by atoms with van der Waals surface area (Å²) in [5.74, 6) is 0.573. The van der Waals surface area contributed by atoms with Crippen molar-refractivity contribution in [1.29, 1.82) is 0 Å². The molecule has 6 heteroatoms. The van der Waals surface area contributed by atoms with Gasteiger partial charge in [0.25, 0.3) is 0 Å². The zero-order valence-corrected chi connectivity index (χ0v) is 29.3. The molecule has 0 atom stereocenters. The Bertz CT molecular complexity index is 1390. The highest BCUT2D eigenvalue weighted by Crippen LogP contribution is 2.26. The number of aliphatic imine (C=N–C) groups is 2. The molecule has 2 aromatic rings. The van der Waals surface area contributed by atoms with Crippen molar-refractivity contribution in [2.24, 2.45) is 9.98 Å². The SMILES string of the molecule is CCCCCCC(=Nc1ccc(CC(=O)CC)c(CC(=O)CC)c1)C(CCCC)=Nc1ccc(CC(=O)CC)c(CC(=O)CC)c1. The Hall–Kier alpha value is -3.54. The van der Waals surface area contributed by atoms with E-state index in [0.29, 0.717) is 51.4 Å². The molecule has 0 N–H and O–H groups in total. The molecule has 0 aliphatic heterocycles. The second kappa shape index (κ2) is 21.3. The van der Waals surface area contributed by atoms with Gasteiger partial charge in [0.05, 0.1) is 22.8 Å². The molecule has 0 aliphatic carbocycles. The van der Waals surface area contributed by atoms with Gasteiger partial charge >= 0.3 is 0 Å². The lowest BCUT2D eigenvalue weighted by molar-refractivity contribution is -0.119. The lowest BCUT2D eigenvalue weighted by Crippen LogP contribution is -2.15. The Labute approximate surface area is 277 Å². The third-order valence-corrected chi connectivity index (χ3v) is 8.40. The van der Waals surface area contributed by atoms with Gasteiger partial charge in [-0.1, -0.05) is 79.4 Å². The highest BCUT2D eigenvalue weighted by molar-refractivity contribution is 6.43. The van der Waals surface area contributed by atoms with E-state index < -0.39 is 0 Å². The molecule has 0 saturated carbocycles. The first-order chi connectivity index (χ1) is 22.2. The van der Waals surface area contributed by atoms with Crippen molar-refractivity contribution in [3.05, 3.63) is 58.7 Å². The summed E-state index contributed by atoms with van der Waals surface area (Å²) in [6, 6.07) is 11.8. The lowest BCUT2D eigenvalue weighted by atomic mass is 9.96. The molecule has 46 heavy (non-hydrogen) atoms. The van der Waals surface area contributed by atoms with Gasteiger partial charge in [0.2, 0.25) is 0 Å². The average Bonchev–Trinajstić information content (AvgIpc) is 3.06. The van der Waals surface area contributed by atoms with E-state index in [-0.39, 0.29) is 23.1 Å². The Kier molecular flexibility index (Phi) is 17.9. The first-order valence-electron chi connectivity index (χ1n) is 17.6. The Balaban J connectivity index is 2.67. The van der Waals surface area contributed by atoms with Gasteiger partial charge in [0, 0.05) is 51.4 Å². The maximum atomic E-state index is 12.5. The van der Waals surface area contributed by atoms with Gasteiger partial charge in [-0.2, -0.15) is 0 Å². The molecule has 0 saturated heterocycles. The zero-order chi connectivity index (χ0) is 33.9. The Morgan fingerprint density at radius 2 is 0.826 bits per heavy atom. The minimum atomic E-state index is 0.136. The summed E-state index contributed by atoms with van der Waals surface area (Å²) in [6.45, 7) is 11.8. The van der Waals surface area contributed by atoms with Crippen molar-refractivity contribution in [2.75, 3.05) is 0 Å². The standard InChI is InChI=1S/C40H56N2O4/c1-7-13-15-16-18-40(42-34-22-20-30(26-36(44)10-4)32(24-34)28-38(46)12-6)39(17-14-8-2)41-33-21-19-29(25-35(43)9-3)31(23-33)27-37(45)11-5/h19-24H,7-18,25-28H2,1-6H3. The number of hydrogen-bond donors (Lipinski definition) is 0. The molecular formula is C40H56N2O4. The molecule has 250 valence electrons. The van der Waals surface area contributed by atoms with Gasteiger partial charge in [-0.3, -0.25) is 29.2 Å². The molecule has 0 heterocycles. The van der Waals surface area contributed by atoms with Crippen LogP contribution in [0.4, 0.5) is 11.4 Å². The molecule has 0 aliphatic rings. The number of nitrogens with zero attached hydrogens (tertiary/aromatic N) is 2. The number of Topliss-reactive ketones (excluding diaryl/α,β-unsaturated/α-hetero) is 4. The number of unbranched alkanes of at least 4 members (excludes halogenated alkanes) is 4. The van der Waals surface area contributed by atoms with Crippen molar-refractivity contribution in [2.45, 2.75) is 144 Å². The predicted molar refractivity (Wildman–Crippen MR) is 191 cm³/mol. The number of benzene rings is 2. The largest absolute Gasteiger partial charge is 0.299 e. The molecule has 0 aromatic heterocycles. The minimum absolute atomic E-state index is 0.136. The smallest absolute Gasteiger partial charge is 0.137 e. The van der Waals surface area contributed by atoms with Crippen LogP contribution in [0.15, 0.2) is 46.4 Å². The van der Waals surface area contributed by atoms with E-state index in [9.17, 15) is 19.2 Å². The first-order valence-corrected chi connectivity index (χ1v) is 17.6. The zero-order valence-electron chi connectivity index (χ0n) is 29.3. The van der Waals surface area contributed by atoms with Gasteiger partial charge in [0.1, 0.15) is 23.1 Å². The summed E-state index contributed by atoms with van der Waals surface area (Å²) >= 11 is 0. The monoisotopic (exact) mass is 628 g/mol. The molecular weight excluding hydrogens is 572 g/mol. The highest BCUT2D eigenvalue weighted by atomic mass is 16.1. The quantitative estimate of drug-likeness (QED) is 0.0904. The lowest BCUT2D eigenvalue weighted by Gasteiger charge is -2.14. The van der Waals surface area contributed by atoms with Crippen LogP contribution in [0.5, 0.6) is 0 Å². The molecule has 0 fully saturated rings. The van der Waals surface area contributed by atoms with Crippen molar-refractivity contribution in [3.8, 4) is 0 Å². The first kappa shape index (κ1) is 38.6. The molecule has 6 nitrogen and oxygen atoms in total. The fraction of sp³-hybridized carbons (Fsp3) is 0.550. The van der Waals surface area contributed by atoms with Crippen LogP contribution < -0.4 is 0 Å². The number of ketones is 4. The highest BCUT2D eigenvalue weighted by Gasteiger charge is 2.16. The van der Waals surface area contributed by atoms with Gasteiger partial charge in [-0.15, -0.1) is 0 Å².